The fourth-order valence-electron chi connectivity index (χ4n) is 0. The highest BCUT2D eigenvalue weighted by molar-refractivity contribution is 9.10. The highest BCUT2D eigenvalue weighted by Crippen LogP contribution is 2.18. The fourth-order valence-corrected chi connectivity index (χ4v) is 0. The van der Waals surface area contributed by atoms with E-state index in [1.807, 2.05) is 0 Å². The monoisotopic (exact) mass is 168 g/mol. The number of halogens is 1. The summed E-state index contributed by atoms with van der Waals surface area (Å²) in [6, 6.07) is 0. The maximum Gasteiger partial charge on any atom is 0.166 e. The first kappa shape index (κ1) is 7.40. The second-order valence-electron chi connectivity index (χ2n) is 1.94. The van der Waals surface area contributed by atoms with Crippen LogP contribution in [0.3, 0.4) is 0 Å². The number of alkyl halides is 1. The van der Waals surface area contributed by atoms with Crippen LogP contribution in [0.15, 0.2) is 0 Å². The van der Waals surface area contributed by atoms with Crippen LogP contribution in [-0.4, -0.2) is 20.8 Å². The lowest BCUT2D eigenvalue weighted by Gasteiger charge is -2.17. The summed E-state index contributed by atoms with van der Waals surface area (Å²) in [4.78, 5) is 0. The molecule has 0 bridgehead atoms. The van der Waals surface area contributed by atoms with Crippen molar-refractivity contribution in [2.24, 2.45) is 0 Å². The topological polar surface area (TPSA) is 40.5 Å². The van der Waals surface area contributed by atoms with E-state index in [4.69, 9.17) is 10.2 Å². The number of hydrogen-bond donors (Lipinski definition) is 2. The van der Waals surface area contributed by atoms with Crippen LogP contribution in [0.5, 0.6) is 0 Å². The summed E-state index contributed by atoms with van der Waals surface area (Å²) in [6.07, 6.45) is -1.28. The normalized spacial score (nSPS) is 12.9. The summed E-state index contributed by atoms with van der Waals surface area (Å²) >= 11 is 3.04. The molecule has 0 aromatic carbocycles. The van der Waals surface area contributed by atoms with Crippen LogP contribution in [0.1, 0.15) is 13.8 Å². The first-order valence-corrected chi connectivity index (χ1v) is 2.79. The van der Waals surface area contributed by atoms with Gasteiger partial charge in [-0.3, -0.25) is 0 Å². The van der Waals surface area contributed by atoms with Gasteiger partial charge in [0.1, 0.15) is 0 Å². The average molecular weight is 169 g/mol. The maximum atomic E-state index is 8.40. The molecule has 0 aliphatic rings. The molecule has 0 aromatic rings. The third kappa shape index (κ3) is 3.02. The quantitative estimate of drug-likeness (QED) is 0.442. The Labute approximate surface area is 51.3 Å². The molecule has 0 amide bonds. The largest absolute Gasteiger partial charge is 0.367 e. The van der Waals surface area contributed by atoms with Gasteiger partial charge in [-0.05, 0) is 13.8 Å². The molecule has 2 nitrogen and oxygen atoms in total. The van der Waals surface area contributed by atoms with Crippen LogP contribution in [-0.2, 0) is 0 Å². The van der Waals surface area contributed by atoms with Gasteiger partial charge in [0.15, 0.2) is 6.29 Å². The molecule has 0 spiro atoms. The highest BCUT2D eigenvalue weighted by atomic mass is 79.9. The fraction of sp³-hybridized carbons (Fsp3) is 1.00. The zero-order chi connectivity index (χ0) is 6.08. The minimum atomic E-state index is -1.28. The molecule has 0 atom stereocenters. The number of hydrogen-bond acceptors (Lipinski definition) is 2. The van der Waals surface area contributed by atoms with Gasteiger partial charge in [-0.25, -0.2) is 0 Å². The Kier molecular flexibility index (Phi) is 2.23. The molecule has 0 fully saturated rings. The second-order valence-corrected chi connectivity index (χ2v) is 3.98. The van der Waals surface area contributed by atoms with Crippen molar-refractivity contribution in [2.75, 3.05) is 0 Å². The highest BCUT2D eigenvalue weighted by Gasteiger charge is 2.20. The zero-order valence-electron chi connectivity index (χ0n) is 4.35. The molecule has 0 aliphatic heterocycles. The summed E-state index contributed by atoms with van der Waals surface area (Å²) < 4.78 is -0.576. The van der Waals surface area contributed by atoms with E-state index in [2.05, 4.69) is 15.9 Å². The van der Waals surface area contributed by atoms with Gasteiger partial charge in [-0.1, -0.05) is 15.9 Å². The second kappa shape index (κ2) is 2.11. The molecule has 0 heterocycles. The Hall–Kier alpha value is 0.400. The molecule has 0 rings (SSSR count). The summed E-state index contributed by atoms with van der Waals surface area (Å²) in [6.45, 7) is 3.36. The Bertz CT molecular complexity index is 55.2. The lowest BCUT2D eigenvalue weighted by Crippen LogP contribution is -2.28. The smallest absolute Gasteiger partial charge is 0.166 e. The first-order chi connectivity index (χ1) is 2.94. The van der Waals surface area contributed by atoms with Gasteiger partial charge in [-0.15, -0.1) is 0 Å². The van der Waals surface area contributed by atoms with Crippen LogP contribution < -0.4 is 0 Å². The number of aliphatic hydroxyl groups excluding tert-OH is 1. The first-order valence-electron chi connectivity index (χ1n) is 1.99. The average Bonchev–Trinajstić information content (AvgIpc) is 1.31. The number of aliphatic hydroxyl groups is 2. The van der Waals surface area contributed by atoms with E-state index in [-0.39, 0.29) is 0 Å². The van der Waals surface area contributed by atoms with Crippen LogP contribution in [0.2, 0.25) is 0 Å². The molecule has 0 radical (unpaired) electrons. The summed E-state index contributed by atoms with van der Waals surface area (Å²) in [5.74, 6) is 0. The van der Waals surface area contributed by atoms with Crippen LogP contribution in [0.25, 0.3) is 0 Å². The van der Waals surface area contributed by atoms with Gasteiger partial charge >= 0.3 is 0 Å². The molecule has 0 saturated carbocycles. The van der Waals surface area contributed by atoms with E-state index in [0.717, 1.165) is 0 Å². The lowest BCUT2D eigenvalue weighted by atomic mass is 10.2. The summed E-state index contributed by atoms with van der Waals surface area (Å²) in [7, 11) is 0. The standard InChI is InChI=1S/C4H9BrO2/c1-4(2,5)3(6)7/h3,6-7H,1-2H3. The zero-order valence-corrected chi connectivity index (χ0v) is 5.94. The van der Waals surface area contributed by atoms with Crippen molar-refractivity contribution >= 4 is 15.9 Å². The SMILES string of the molecule is CC(C)(Br)C(O)O. The molecule has 2 N–H and O–H groups in total. The van der Waals surface area contributed by atoms with Crippen molar-refractivity contribution in [3.63, 3.8) is 0 Å². The Morgan fingerprint density at radius 2 is 1.57 bits per heavy atom. The summed E-state index contributed by atoms with van der Waals surface area (Å²) in [5, 5.41) is 16.8. The van der Waals surface area contributed by atoms with E-state index in [1.165, 1.54) is 0 Å². The van der Waals surface area contributed by atoms with Gasteiger partial charge in [0.05, 0.1) is 4.32 Å². The Balaban J connectivity index is 3.54. The third-order valence-corrected chi connectivity index (χ3v) is 1.02. The molecule has 3 heteroatoms. The van der Waals surface area contributed by atoms with E-state index >= 15 is 0 Å². The minimum Gasteiger partial charge on any atom is -0.367 e. The predicted octanol–water partition coefficient (Wildman–Crippen LogP) is 0.471. The maximum absolute atomic E-state index is 8.40. The van der Waals surface area contributed by atoms with Gasteiger partial charge in [-0.2, -0.15) is 0 Å². The molecular weight excluding hydrogens is 160 g/mol. The van der Waals surface area contributed by atoms with Gasteiger partial charge in [0, 0.05) is 0 Å². The Morgan fingerprint density at radius 3 is 1.57 bits per heavy atom. The van der Waals surface area contributed by atoms with Crippen molar-refractivity contribution < 1.29 is 10.2 Å². The van der Waals surface area contributed by atoms with E-state index < -0.39 is 10.6 Å². The molecule has 0 aliphatic carbocycles. The van der Waals surface area contributed by atoms with Gasteiger partial charge in [0.2, 0.25) is 0 Å². The third-order valence-electron chi connectivity index (χ3n) is 0.614. The molecular formula is C4H9BrO2. The van der Waals surface area contributed by atoms with Crippen LogP contribution >= 0.6 is 15.9 Å². The van der Waals surface area contributed by atoms with Crippen molar-refractivity contribution in [3.05, 3.63) is 0 Å². The molecule has 0 unspecified atom stereocenters. The molecule has 0 saturated heterocycles. The van der Waals surface area contributed by atoms with Crippen LogP contribution in [0, 0.1) is 0 Å². The molecule has 7 heavy (non-hydrogen) atoms. The van der Waals surface area contributed by atoms with Crippen molar-refractivity contribution in [1.29, 1.82) is 0 Å². The predicted molar refractivity (Wildman–Crippen MR) is 31.2 cm³/mol. The minimum absolute atomic E-state index is 0.576. The Morgan fingerprint density at radius 1 is 1.43 bits per heavy atom. The van der Waals surface area contributed by atoms with E-state index in [9.17, 15) is 0 Å². The molecule has 44 valence electrons. The van der Waals surface area contributed by atoms with E-state index in [1.54, 1.807) is 13.8 Å². The van der Waals surface area contributed by atoms with Crippen molar-refractivity contribution in [1.82, 2.24) is 0 Å². The lowest BCUT2D eigenvalue weighted by molar-refractivity contribution is -0.0586. The number of rotatable bonds is 1. The van der Waals surface area contributed by atoms with Crippen LogP contribution in [0.4, 0.5) is 0 Å². The molecule has 0 aromatic heterocycles. The van der Waals surface area contributed by atoms with Crippen molar-refractivity contribution in [3.8, 4) is 0 Å². The van der Waals surface area contributed by atoms with E-state index in [0.29, 0.717) is 0 Å². The summed E-state index contributed by atoms with van der Waals surface area (Å²) in [5.41, 5.74) is 0. The van der Waals surface area contributed by atoms with Gasteiger partial charge < -0.3 is 10.2 Å². The van der Waals surface area contributed by atoms with Gasteiger partial charge in [0.25, 0.3) is 0 Å². The van der Waals surface area contributed by atoms with Crippen molar-refractivity contribution in [2.45, 2.75) is 24.5 Å².